The molecule has 0 unspecified atom stereocenters. The minimum Gasteiger partial charge on any atom is -0.489 e. The molecule has 0 radical (unpaired) electrons. The van der Waals surface area contributed by atoms with Crippen LogP contribution < -0.4 is 10.2 Å². The van der Waals surface area contributed by atoms with Crippen molar-refractivity contribution in [3.8, 4) is 5.75 Å². The molecular formula is C23H29N3O4S. The number of rotatable bonds is 9. The van der Waals surface area contributed by atoms with Crippen LogP contribution in [0.3, 0.4) is 0 Å². The Morgan fingerprint density at radius 3 is 2.42 bits per heavy atom. The molecule has 1 N–H and O–H groups in total. The number of sulfonamides is 1. The lowest BCUT2D eigenvalue weighted by Gasteiger charge is -2.31. The van der Waals surface area contributed by atoms with Gasteiger partial charge in [-0.1, -0.05) is 49.6 Å². The van der Waals surface area contributed by atoms with Crippen LogP contribution in [0.2, 0.25) is 0 Å². The molecule has 0 aromatic heterocycles. The number of nitrogens with zero attached hydrogens (tertiary/aromatic N) is 2. The van der Waals surface area contributed by atoms with Gasteiger partial charge in [-0.05, 0) is 48.2 Å². The summed E-state index contributed by atoms with van der Waals surface area (Å²) in [6, 6.07) is 17.1. The van der Waals surface area contributed by atoms with Crippen molar-refractivity contribution in [1.82, 2.24) is 9.73 Å². The predicted octanol–water partition coefficient (Wildman–Crippen LogP) is 3.31. The first-order valence-electron chi connectivity index (χ1n) is 10.5. The van der Waals surface area contributed by atoms with Crippen molar-refractivity contribution in [3.05, 3.63) is 65.7 Å². The molecule has 0 saturated heterocycles. The maximum Gasteiger partial charge on any atom is 0.255 e. The number of carbonyl (C=O) groups excluding carboxylic acids is 1. The Balaban J connectivity index is 1.49. The summed E-state index contributed by atoms with van der Waals surface area (Å²) >= 11 is 0. The van der Waals surface area contributed by atoms with E-state index in [-0.39, 0.29) is 12.6 Å². The molecule has 2 aromatic rings. The van der Waals surface area contributed by atoms with Gasteiger partial charge in [0.15, 0.2) is 0 Å². The third kappa shape index (κ3) is 7.48. The van der Waals surface area contributed by atoms with Crippen LogP contribution in [0.25, 0.3) is 0 Å². The van der Waals surface area contributed by atoms with Gasteiger partial charge < -0.3 is 4.74 Å². The van der Waals surface area contributed by atoms with Gasteiger partial charge in [-0.3, -0.25) is 4.79 Å². The van der Waals surface area contributed by atoms with Gasteiger partial charge in [0.05, 0.1) is 19.0 Å². The van der Waals surface area contributed by atoms with E-state index < -0.39 is 15.9 Å². The van der Waals surface area contributed by atoms with E-state index in [4.69, 9.17) is 4.74 Å². The monoisotopic (exact) mass is 443 g/mol. The van der Waals surface area contributed by atoms with Crippen molar-refractivity contribution < 1.29 is 17.9 Å². The molecule has 0 bridgehead atoms. The zero-order valence-corrected chi connectivity index (χ0v) is 18.6. The Morgan fingerprint density at radius 1 is 1.10 bits per heavy atom. The number of hydrogen-bond acceptors (Lipinski definition) is 5. The van der Waals surface area contributed by atoms with Gasteiger partial charge in [0, 0.05) is 6.04 Å². The van der Waals surface area contributed by atoms with Crippen LogP contribution in [0.5, 0.6) is 5.75 Å². The van der Waals surface area contributed by atoms with Crippen LogP contribution >= 0.6 is 0 Å². The van der Waals surface area contributed by atoms with Crippen molar-refractivity contribution in [3.63, 3.8) is 0 Å². The van der Waals surface area contributed by atoms with Gasteiger partial charge in [0.1, 0.15) is 12.4 Å². The van der Waals surface area contributed by atoms with Gasteiger partial charge in [-0.25, -0.2) is 13.8 Å². The summed E-state index contributed by atoms with van der Waals surface area (Å²) in [6.07, 6.45) is 7.35. The molecule has 166 valence electrons. The molecular weight excluding hydrogens is 414 g/mol. The third-order valence-corrected chi connectivity index (χ3v) is 6.52. The standard InChI is InChI=1S/C23H29N3O4S/c1-31(28,29)26(21-10-6-3-7-11-21)17-23(27)25-24-16-19-12-14-22(15-13-19)30-18-20-8-4-2-5-9-20/h2,4-5,8-9,12-16,21H,3,6-7,10-11,17-18H2,1H3,(H,25,27)/b24-16+. The van der Waals surface area contributed by atoms with Gasteiger partial charge in [-0.15, -0.1) is 0 Å². The minimum absolute atomic E-state index is 0.109. The van der Waals surface area contributed by atoms with Crippen LogP contribution in [-0.2, 0) is 21.4 Å². The highest BCUT2D eigenvalue weighted by atomic mass is 32.2. The molecule has 0 aliphatic heterocycles. The maximum absolute atomic E-state index is 12.3. The Hall–Kier alpha value is -2.71. The van der Waals surface area contributed by atoms with E-state index >= 15 is 0 Å². The smallest absolute Gasteiger partial charge is 0.255 e. The molecule has 1 aliphatic rings. The molecule has 1 amide bonds. The third-order valence-electron chi connectivity index (χ3n) is 5.24. The molecule has 0 atom stereocenters. The lowest BCUT2D eigenvalue weighted by Crippen LogP contribution is -2.45. The van der Waals surface area contributed by atoms with Crippen LogP contribution in [0, 0.1) is 0 Å². The highest BCUT2D eigenvalue weighted by Crippen LogP contribution is 2.24. The van der Waals surface area contributed by atoms with Crippen LogP contribution in [0.4, 0.5) is 0 Å². The molecule has 31 heavy (non-hydrogen) atoms. The first kappa shape index (κ1) is 23.0. The van der Waals surface area contributed by atoms with E-state index in [1.54, 1.807) is 0 Å². The average Bonchev–Trinajstić information content (AvgIpc) is 2.77. The van der Waals surface area contributed by atoms with Crippen molar-refractivity contribution in [2.75, 3.05) is 12.8 Å². The number of hydrogen-bond donors (Lipinski definition) is 1. The molecule has 8 heteroatoms. The van der Waals surface area contributed by atoms with E-state index in [1.807, 2.05) is 54.6 Å². The zero-order valence-electron chi connectivity index (χ0n) is 17.7. The zero-order chi connectivity index (χ0) is 22.1. The van der Waals surface area contributed by atoms with E-state index in [9.17, 15) is 13.2 Å². The van der Waals surface area contributed by atoms with Crippen molar-refractivity contribution in [2.24, 2.45) is 5.10 Å². The molecule has 2 aromatic carbocycles. The van der Waals surface area contributed by atoms with Crippen molar-refractivity contribution in [2.45, 2.75) is 44.8 Å². The molecule has 1 aliphatic carbocycles. The highest BCUT2D eigenvalue weighted by molar-refractivity contribution is 7.88. The predicted molar refractivity (Wildman–Crippen MR) is 121 cm³/mol. The topological polar surface area (TPSA) is 88.1 Å². The summed E-state index contributed by atoms with van der Waals surface area (Å²) in [5.74, 6) is 0.288. The Bertz CT molecular complexity index is 970. The Labute approximate surface area is 184 Å². The van der Waals surface area contributed by atoms with E-state index in [1.165, 1.54) is 10.5 Å². The molecule has 0 spiro atoms. The molecule has 1 saturated carbocycles. The number of amides is 1. The fourth-order valence-electron chi connectivity index (χ4n) is 3.63. The summed E-state index contributed by atoms with van der Waals surface area (Å²) in [6.45, 7) is 0.273. The quantitative estimate of drug-likeness (QED) is 0.476. The summed E-state index contributed by atoms with van der Waals surface area (Å²) in [4.78, 5) is 12.3. The van der Waals surface area contributed by atoms with Gasteiger partial charge in [-0.2, -0.15) is 9.41 Å². The van der Waals surface area contributed by atoms with E-state index in [0.29, 0.717) is 6.61 Å². The van der Waals surface area contributed by atoms with Crippen LogP contribution in [0.15, 0.2) is 59.7 Å². The number of benzene rings is 2. The first-order chi connectivity index (χ1) is 14.9. The average molecular weight is 444 g/mol. The van der Waals surface area contributed by atoms with E-state index in [2.05, 4.69) is 10.5 Å². The highest BCUT2D eigenvalue weighted by Gasteiger charge is 2.29. The normalized spacial score (nSPS) is 15.3. The molecule has 1 fully saturated rings. The second-order valence-electron chi connectivity index (χ2n) is 7.74. The maximum atomic E-state index is 12.3. The first-order valence-corrected chi connectivity index (χ1v) is 12.3. The number of ether oxygens (including phenoxy) is 1. The van der Waals surface area contributed by atoms with Crippen LogP contribution in [0.1, 0.15) is 43.2 Å². The SMILES string of the molecule is CS(=O)(=O)N(CC(=O)N/N=C/c1ccc(OCc2ccccc2)cc1)C1CCCCC1. The summed E-state index contributed by atoms with van der Waals surface area (Å²) in [5, 5.41) is 3.96. The number of hydrazone groups is 1. The van der Waals surface area contributed by atoms with Crippen LogP contribution in [-0.4, -0.2) is 43.7 Å². The summed E-state index contributed by atoms with van der Waals surface area (Å²) < 4.78 is 31.3. The molecule has 3 rings (SSSR count). The fraction of sp³-hybridized carbons (Fsp3) is 0.391. The second-order valence-corrected chi connectivity index (χ2v) is 9.67. The summed E-state index contributed by atoms with van der Waals surface area (Å²) in [7, 11) is -3.46. The summed E-state index contributed by atoms with van der Waals surface area (Å²) in [5.41, 5.74) is 4.31. The van der Waals surface area contributed by atoms with E-state index in [0.717, 1.165) is 55.2 Å². The van der Waals surface area contributed by atoms with Gasteiger partial charge in [0.2, 0.25) is 10.0 Å². The number of carbonyl (C=O) groups is 1. The largest absolute Gasteiger partial charge is 0.489 e. The fourth-order valence-corrected chi connectivity index (χ4v) is 4.74. The molecule has 0 heterocycles. The van der Waals surface area contributed by atoms with Crippen molar-refractivity contribution in [1.29, 1.82) is 0 Å². The van der Waals surface area contributed by atoms with Gasteiger partial charge >= 0.3 is 0 Å². The lowest BCUT2D eigenvalue weighted by molar-refractivity contribution is -0.121. The Kier molecular flexibility index (Phi) is 8.20. The lowest BCUT2D eigenvalue weighted by atomic mass is 9.95. The van der Waals surface area contributed by atoms with Crippen molar-refractivity contribution >= 4 is 22.1 Å². The minimum atomic E-state index is -3.46. The second kappa shape index (κ2) is 11.1. The molecule has 7 nitrogen and oxygen atoms in total. The number of nitrogens with one attached hydrogen (secondary N) is 1. The Morgan fingerprint density at radius 2 is 1.77 bits per heavy atom. The van der Waals surface area contributed by atoms with Gasteiger partial charge in [0.25, 0.3) is 5.91 Å².